The molecule has 0 unspecified atom stereocenters. The van der Waals surface area contributed by atoms with Crippen LogP contribution >= 0.6 is 24.0 Å². The van der Waals surface area contributed by atoms with Crippen LogP contribution in [-0.2, 0) is 6.54 Å². The molecule has 7 heteroatoms. The average molecular weight is 484 g/mol. The Bertz CT molecular complexity index is 791. The van der Waals surface area contributed by atoms with Crippen molar-refractivity contribution in [3.63, 3.8) is 0 Å². The highest BCUT2D eigenvalue weighted by Gasteiger charge is 2.21. The molecule has 27 heavy (non-hydrogen) atoms. The largest absolute Gasteiger partial charge is 0.506 e. The van der Waals surface area contributed by atoms with Gasteiger partial charge < -0.3 is 20.2 Å². The zero-order chi connectivity index (χ0) is 18.5. The smallest absolute Gasteiger partial charge is 0.194 e. The number of aliphatic imine (C=N–C) groups is 1. The van der Waals surface area contributed by atoms with Crippen LogP contribution in [0.1, 0.15) is 11.1 Å². The molecule has 1 aliphatic heterocycles. The van der Waals surface area contributed by atoms with Crippen molar-refractivity contribution in [2.24, 2.45) is 4.99 Å². The molecule has 0 bridgehead atoms. The van der Waals surface area contributed by atoms with Gasteiger partial charge in [-0.15, -0.1) is 24.0 Å². The van der Waals surface area contributed by atoms with E-state index in [1.54, 1.807) is 26.1 Å². The maximum absolute atomic E-state index is 13.4. The van der Waals surface area contributed by atoms with Crippen molar-refractivity contribution in [3.05, 3.63) is 59.4 Å². The van der Waals surface area contributed by atoms with Gasteiger partial charge in [-0.1, -0.05) is 24.3 Å². The Balaban J connectivity index is 0.00000261. The molecule has 1 saturated heterocycles. The zero-order valence-corrected chi connectivity index (χ0v) is 18.0. The molecule has 0 radical (unpaired) electrons. The maximum atomic E-state index is 13.4. The van der Waals surface area contributed by atoms with Crippen LogP contribution in [0.4, 0.5) is 10.1 Å². The number of rotatable bonds is 3. The molecule has 0 aromatic heterocycles. The van der Waals surface area contributed by atoms with Crippen molar-refractivity contribution in [3.8, 4) is 5.75 Å². The highest BCUT2D eigenvalue weighted by molar-refractivity contribution is 14.0. The minimum atomic E-state index is -0.182. The number of hydrogen-bond donors (Lipinski definition) is 2. The third-order valence-corrected chi connectivity index (χ3v) is 4.69. The molecule has 1 aliphatic rings. The summed E-state index contributed by atoms with van der Waals surface area (Å²) in [6, 6.07) is 12.6. The van der Waals surface area contributed by atoms with Crippen LogP contribution in [0.2, 0.25) is 0 Å². The van der Waals surface area contributed by atoms with E-state index in [0.29, 0.717) is 17.9 Å². The van der Waals surface area contributed by atoms with Gasteiger partial charge >= 0.3 is 0 Å². The van der Waals surface area contributed by atoms with Gasteiger partial charge in [0.25, 0.3) is 0 Å². The molecule has 0 spiro atoms. The standard InChI is InChI=1S/C20H25FN4O.HI/c1-15-13-16(7-8-17(15)21)14-23-20(22-2)25-11-9-24(10-12-25)18-5-3-4-6-19(18)26;/h3-8,13,26H,9-12,14H2,1-2H3,(H,22,23);1H. The number of phenols is 1. The van der Waals surface area contributed by atoms with Crippen molar-refractivity contribution in [2.75, 3.05) is 38.1 Å². The van der Waals surface area contributed by atoms with E-state index in [0.717, 1.165) is 43.4 Å². The van der Waals surface area contributed by atoms with Gasteiger partial charge in [0.05, 0.1) is 5.69 Å². The Morgan fingerprint density at radius 2 is 1.85 bits per heavy atom. The van der Waals surface area contributed by atoms with Gasteiger partial charge in [-0.05, 0) is 36.2 Å². The molecule has 146 valence electrons. The normalized spacial score (nSPS) is 14.7. The van der Waals surface area contributed by atoms with Crippen molar-refractivity contribution in [1.82, 2.24) is 10.2 Å². The number of hydrogen-bond acceptors (Lipinski definition) is 3. The highest BCUT2D eigenvalue weighted by atomic mass is 127. The number of nitrogens with zero attached hydrogens (tertiary/aromatic N) is 3. The van der Waals surface area contributed by atoms with E-state index in [4.69, 9.17) is 0 Å². The summed E-state index contributed by atoms with van der Waals surface area (Å²) in [6.07, 6.45) is 0. The van der Waals surface area contributed by atoms with E-state index in [1.165, 1.54) is 6.07 Å². The predicted octanol–water partition coefficient (Wildman–Crippen LogP) is 3.36. The molecule has 2 N–H and O–H groups in total. The summed E-state index contributed by atoms with van der Waals surface area (Å²) < 4.78 is 13.4. The van der Waals surface area contributed by atoms with Crippen molar-refractivity contribution < 1.29 is 9.50 Å². The van der Waals surface area contributed by atoms with Crippen molar-refractivity contribution >= 4 is 35.6 Å². The summed E-state index contributed by atoms with van der Waals surface area (Å²) in [5, 5.41) is 13.4. The van der Waals surface area contributed by atoms with E-state index >= 15 is 0 Å². The summed E-state index contributed by atoms with van der Waals surface area (Å²) in [6.45, 7) is 5.63. The van der Waals surface area contributed by atoms with Gasteiger partial charge in [-0.2, -0.15) is 0 Å². The fraction of sp³-hybridized carbons (Fsp3) is 0.350. The van der Waals surface area contributed by atoms with E-state index in [1.807, 2.05) is 24.3 Å². The van der Waals surface area contributed by atoms with Gasteiger partial charge in [-0.25, -0.2) is 4.39 Å². The molecule has 5 nitrogen and oxygen atoms in total. The lowest BCUT2D eigenvalue weighted by molar-refractivity contribution is 0.369. The zero-order valence-electron chi connectivity index (χ0n) is 15.7. The van der Waals surface area contributed by atoms with Gasteiger partial charge in [0.2, 0.25) is 0 Å². The molecule has 0 saturated carbocycles. The van der Waals surface area contributed by atoms with Crippen LogP contribution in [-0.4, -0.2) is 49.2 Å². The summed E-state index contributed by atoms with van der Waals surface area (Å²) in [5.41, 5.74) is 2.55. The lowest BCUT2D eigenvalue weighted by Gasteiger charge is -2.37. The summed E-state index contributed by atoms with van der Waals surface area (Å²) in [4.78, 5) is 8.76. The third-order valence-electron chi connectivity index (χ3n) is 4.69. The number of para-hydroxylation sites is 2. The first-order valence-corrected chi connectivity index (χ1v) is 8.82. The maximum Gasteiger partial charge on any atom is 0.194 e. The summed E-state index contributed by atoms with van der Waals surface area (Å²) in [5.74, 6) is 0.970. The minimum absolute atomic E-state index is 0. The predicted molar refractivity (Wildman–Crippen MR) is 119 cm³/mol. The van der Waals surface area contributed by atoms with E-state index in [9.17, 15) is 9.50 Å². The molecular weight excluding hydrogens is 458 g/mol. The summed E-state index contributed by atoms with van der Waals surface area (Å²) in [7, 11) is 1.77. The fourth-order valence-corrected chi connectivity index (χ4v) is 3.22. The van der Waals surface area contributed by atoms with Gasteiger partial charge in [0.1, 0.15) is 11.6 Å². The first-order valence-electron chi connectivity index (χ1n) is 8.82. The Morgan fingerprint density at radius 3 is 2.48 bits per heavy atom. The van der Waals surface area contributed by atoms with Crippen LogP contribution in [0.5, 0.6) is 5.75 Å². The number of aryl methyl sites for hydroxylation is 1. The monoisotopic (exact) mass is 484 g/mol. The second-order valence-corrected chi connectivity index (χ2v) is 6.45. The molecule has 0 aliphatic carbocycles. The molecular formula is C20H26FIN4O. The van der Waals surface area contributed by atoms with Crippen LogP contribution in [0.15, 0.2) is 47.5 Å². The quantitative estimate of drug-likeness (QED) is 0.399. The number of benzene rings is 2. The van der Waals surface area contributed by atoms with Crippen LogP contribution in [0.3, 0.4) is 0 Å². The summed E-state index contributed by atoms with van der Waals surface area (Å²) >= 11 is 0. The van der Waals surface area contributed by atoms with Gasteiger partial charge in [0, 0.05) is 39.8 Å². The Hall–Kier alpha value is -2.03. The number of piperazine rings is 1. The van der Waals surface area contributed by atoms with Crippen LogP contribution in [0, 0.1) is 12.7 Å². The van der Waals surface area contributed by atoms with Gasteiger partial charge in [-0.3, -0.25) is 4.99 Å². The molecule has 2 aromatic carbocycles. The number of guanidine groups is 1. The first kappa shape index (κ1) is 21.3. The highest BCUT2D eigenvalue weighted by Crippen LogP contribution is 2.27. The molecule has 3 rings (SSSR count). The van der Waals surface area contributed by atoms with Crippen LogP contribution in [0.25, 0.3) is 0 Å². The Kier molecular flexibility index (Phi) is 7.70. The van der Waals surface area contributed by atoms with Crippen LogP contribution < -0.4 is 10.2 Å². The van der Waals surface area contributed by atoms with E-state index < -0.39 is 0 Å². The van der Waals surface area contributed by atoms with E-state index in [-0.39, 0.29) is 29.8 Å². The SMILES string of the molecule is CN=C(NCc1ccc(F)c(C)c1)N1CCN(c2ccccc2O)CC1.I. The second kappa shape index (κ2) is 9.77. The first-order chi connectivity index (χ1) is 12.6. The number of halogens is 2. The topological polar surface area (TPSA) is 51.1 Å². The van der Waals surface area contributed by atoms with Crippen molar-refractivity contribution in [2.45, 2.75) is 13.5 Å². The van der Waals surface area contributed by atoms with Gasteiger partial charge in [0.15, 0.2) is 5.96 Å². The number of phenolic OH excluding ortho intramolecular Hbond substituents is 1. The molecule has 0 amide bonds. The molecule has 0 atom stereocenters. The third kappa shape index (κ3) is 5.24. The Labute approximate surface area is 176 Å². The average Bonchev–Trinajstić information content (AvgIpc) is 2.66. The Morgan fingerprint density at radius 1 is 1.15 bits per heavy atom. The number of nitrogens with one attached hydrogen (secondary N) is 1. The molecule has 2 aromatic rings. The lowest BCUT2D eigenvalue weighted by Crippen LogP contribution is -2.52. The second-order valence-electron chi connectivity index (χ2n) is 6.45. The molecule has 1 fully saturated rings. The molecule has 1 heterocycles. The number of anilines is 1. The minimum Gasteiger partial charge on any atom is -0.506 e. The lowest BCUT2D eigenvalue weighted by atomic mass is 10.1. The number of aromatic hydroxyl groups is 1. The van der Waals surface area contributed by atoms with Crippen molar-refractivity contribution in [1.29, 1.82) is 0 Å². The van der Waals surface area contributed by atoms with E-state index in [2.05, 4.69) is 20.1 Å². The fourth-order valence-electron chi connectivity index (χ4n) is 3.22.